The summed E-state index contributed by atoms with van der Waals surface area (Å²) in [5.74, 6) is 0. The van der Waals surface area contributed by atoms with Crippen LogP contribution in [-0.4, -0.2) is 19.2 Å². The second-order valence-electron chi connectivity index (χ2n) is 5.02. The van der Waals surface area contributed by atoms with Gasteiger partial charge in [0.2, 0.25) is 0 Å². The van der Waals surface area contributed by atoms with E-state index < -0.39 is 0 Å². The van der Waals surface area contributed by atoms with Crippen molar-refractivity contribution in [1.82, 2.24) is 5.32 Å². The van der Waals surface area contributed by atoms with Gasteiger partial charge in [0.05, 0.1) is 6.10 Å². The molecule has 2 rings (SSSR count). The quantitative estimate of drug-likeness (QED) is 0.847. The zero-order valence-electron chi connectivity index (χ0n) is 11.1. The number of benzene rings is 1. The number of rotatable bonds is 2. The van der Waals surface area contributed by atoms with E-state index in [1.807, 2.05) is 0 Å². The van der Waals surface area contributed by atoms with E-state index >= 15 is 0 Å². The van der Waals surface area contributed by atoms with Gasteiger partial charge in [0, 0.05) is 19.2 Å². The molecule has 0 saturated carbocycles. The first-order chi connectivity index (χ1) is 8.20. The molecule has 1 heterocycles. The Morgan fingerprint density at radius 2 is 2.18 bits per heavy atom. The van der Waals surface area contributed by atoms with Crippen LogP contribution < -0.4 is 5.32 Å². The van der Waals surface area contributed by atoms with E-state index in [9.17, 15) is 0 Å². The minimum absolute atomic E-state index is 0.214. The van der Waals surface area contributed by atoms with Crippen molar-refractivity contribution in [3.8, 4) is 0 Å². The van der Waals surface area contributed by atoms with Crippen LogP contribution in [0.5, 0.6) is 0 Å². The summed E-state index contributed by atoms with van der Waals surface area (Å²) in [5, 5.41) is 3.60. The van der Waals surface area contributed by atoms with Gasteiger partial charge < -0.3 is 10.1 Å². The lowest BCUT2D eigenvalue weighted by atomic mass is 10.0. The van der Waals surface area contributed by atoms with Gasteiger partial charge in [-0.3, -0.25) is 0 Å². The highest BCUT2D eigenvalue weighted by Gasteiger charge is 2.20. The molecule has 17 heavy (non-hydrogen) atoms. The zero-order valence-corrected chi connectivity index (χ0v) is 11.1. The highest BCUT2D eigenvalue weighted by Crippen LogP contribution is 2.24. The molecule has 1 aliphatic heterocycles. The predicted molar refractivity (Wildman–Crippen MR) is 71.3 cm³/mol. The number of ether oxygens (including phenoxy) is 1. The van der Waals surface area contributed by atoms with Crippen molar-refractivity contribution < 1.29 is 4.74 Å². The third-order valence-corrected chi connectivity index (χ3v) is 3.65. The molecule has 1 saturated heterocycles. The van der Waals surface area contributed by atoms with Gasteiger partial charge in [0.1, 0.15) is 0 Å². The lowest BCUT2D eigenvalue weighted by Crippen LogP contribution is -2.29. The van der Waals surface area contributed by atoms with Crippen molar-refractivity contribution in [3.63, 3.8) is 0 Å². The molecular formula is C15H23NO. The minimum atomic E-state index is 0.214. The lowest BCUT2D eigenvalue weighted by Gasteiger charge is -2.19. The first-order valence-electron chi connectivity index (χ1n) is 6.63. The molecule has 94 valence electrons. The molecule has 2 heteroatoms. The molecule has 1 N–H and O–H groups in total. The summed E-state index contributed by atoms with van der Waals surface area (Å²) in [6.07, 6.45) is 2.52. The normalized spacial score (nSPS) is 25.6. The molecule has 1 aromatic rings. The fraction of sp³-hybridized carbons (Fsp3) is 0.600. The Morgan fingerprint density at radius 1 is 1.35 bits per heavy atom. The largest absolute Gasteiger partial charge is 0.372 e. The average molecular weight is 233 g/mol. The maximum absolute atomic E-state index is 5.99. The molecule has 0 radical (unpaired) electrons. The Bertz CT molecular complexity index is 375. The van der Waals surface area contributed by atoms with Crippen LogP contribution in [0.1, 0.15) is 42.6 Å². The number of aryl methyl sites for hydroxylation is 2. The van der Waals surface area contributed by atoms with Gasteiger partial charge in [-0.25, -0.2) is 0 Å². The monoisotopic (exact) mass is 233 g/mol. The molecule has 0 spiro atoms. The summed E-state index contributed by atoms with van der Waals surface area (Å²) in [7, 11) is 0. The third-order valence-electron chi connectivity index (χ3n) is 3.65. The Labute approximate surface area is 104 Å². The van der Waals surface area contributed by atoms with Crippen molar-refractivity contribution >= 4 is 0 Å². The van der Waals surface area contributed by atoms with E-state index in [1.165, 1.54) is 23.1 Å². The summed E-state index contributed by atoms with van der Waals surface area (Å²) in [4.78, 5) is 0. The van der Waals surface area contributed by atoms with Gasteiger partial charge in [-0.15, -0.1) is 0 Å². The third kappa shape index (κ3) is 3.08. The van der Waals surface area contributed by atoms with Gasteiger partial charge in [-0.05, 0) is 37.8 Å². The molecule has 1 aromatic carbocycles. The standard InChI is InChI=1S/C15H23NO/c1-4-13-7-8-17-15(10-16-13)14-9-11(2)5-6-12(14)3/h5-6,9,13,15-16H,4,7-8,10H2,1-3H3. The van der Waals surface area contributed by atoms with E-state index in [4.69, 9.17) is 4.74 Å². The summed E-state index contributed by atoms with van der Waals surface area (Å²) in [6, 6.07) is 7.23. The summed E-state index contributed by atoms with van der Waals surface area (Å²) in [6.45, 7) is 8.34. The van der Waals surface area contributed by atoms with Gasteiger partial charge in [-0.1, -0.05) is 30.7 Å². The van der Waals surface area contributed by atoms with E-state index in [1.54, 1.807) is 0 Å². The van der Waals surface area contributed by atoms with E-state index in [0.717, 1.165) is 19.6 Å². The van der Waals surface area contributed by atoms with Crippen LogP contribution in [0.2, 0.25) is 0 Å². The number of hydrogen-bond donors (Lipinski definition) is 1. The van der Waals surface area contributed by atoms with Crippen LogP contribution in [0, 0.1) is 13.8 Å². The molecule has 0 aliphatic carbocycles. The molecule has 2 unspecified atom stereocenters. The van der Waals surface area contributed by atoms with E-state index in [0.29, 0.717) is 6.04 Å². The predicted octanol–water partition coefficient (Wildman–Crippen LogP) is 3.13. The zero-order chi connectivity index (χ0) is 12.3. The molecule has 2 atom stereocenters. The minimum Gasteiger partial charge on any atom is -0.372 e. The van der Waals surface area contributed by atoms with Crippen molar-refractivity contribution in [1.29, 1.82) is 0 Å². The van der Waals surface area contributed by atoms with Gasteiger partial charge in [-0.2, -0.15) is 0 Å². The highest BCUT2D eigenvalue weighted by atomic mass is 16.5. The number of hydrogen-bond acceptors (Lipinski definition) is 2. The molecule has 0 aromatic heterocycles. The second kappa shape index (κ2) is 5.65. The van der Waals surface area contributed by atoms with Crippen LogP contribution in [0.15, 0.2) is 18.2 Å². The molecule has 0 amide bonds. The average Bonchev–Trinajstić information content (AvgIpc) is 2.57. The summed E-state index contributed by atoms with van der Waals surface area (Å²) in [5.41, 5.74) is 3.98. The first-order valence-corrected chi connectivity index (χ1v) is 6.63. The van der Waals surface area contributed by atoms with Crippen molar-refractivity contribution in [2.75, 3.05) is 13.2 Å². The van der Waals surface area contributed by atoms with Crippen molar-refractivity contribution in [3.05, 3.63) is 34.9 Å². The van der Waals surface area contributed by atoms with Crippen molar-refractivity contribution in [2.45, 2.75) is 45.8 Å². The lowest BCUT2D eigenvalue weighted by molar-refractivity contribution is 0.0659. The topological polar surface area (TPSA) is 21.3 Å². The maximum Gasteiger partial charge on any atom is 0.0951 e. The number of nitrogens with one attached hydrogen (secondary N) is 1. The fourth-order valence-electron chi connectivity index (χ4n) is 2.44. The van der Waals surface area contributed by atoms with Gasteiger partial charge in [0.25, 0.3) is 0 Å². The Hall–Kier alpha value is -0.860. The second-order valence-corrected chi connectivity index (χ2v) is 5.02. The fourth-order valence-corrected chi connectivity index (χ4v) is 2.44. The van der Waals surface area contributed by atoms with Crippen LogP contribution in [0.3, 0.4) is 0 Å². The van der Waals surface area contributed by atoms with Crippen LogP contribution in [0.4, 0.5) is 0 Å². The SMILES string of the molecule is CCC1CCOC(c2cc(C)ccc2C)CN1. The summed E-state index contributed by atoms with van der Waals surface area (Å²) < 4.78 is 5.99. The van der Waals surface area contributed by atoms with Gasteiger partial charge in [0.15, 0.2) is 0 Å². The molecular weight excluding hydrogens is 210 g/mol. The molecule has 0 bridgehead atoms. The van der Waals surface area contributed by atoms with Crippen LogP contribution >= 0.6 is 0 Å². The molecule has 2 nitrogen and oxygen atoms in total. The van der Waals surface area contributed by atoms with E-state index in [-0.39, 0.29) is 6.10 Å². The first kappa shape index (κ1) is 12.6. The van der Waals surface area contributed by atoms with Crippen molar-refractivity contribution in [2.24, 2.45) is 0 Å². The highest BCUT2D eigenvalue weighted by molar-refractivity contribution is 5.32. The van der Waals surface area contributed by atoms with E-state index in [2.05, 4.69) is 44.3 Å². The summed E-state index contributed by atoms with van der Waals surface area (Å²) >= 11 is 0. The Balaban J connectivity index is 2.13. The van der Waals surface area contributed by atoms with Crippen LogP contribution in [0.25, 0.3) is 0 Å². The molecule has 1 aliphatic rings. The molecule has 1 fully saturated rings. The maximum atomic E-state index is 5.99. The Morgan fingerprint density at radius 3 is 2.94 bits per heavy atom. The smallest absolute Gasteiger partial charge is 0.0951 e. The van der Waals surface area contributed by atoms with Crippen LogP contribution in [-0.2, 0) is 4.74 Å². The van der Waals surface area contributed by atoms with Gasteiger partial charge >= 0.3 is 0 Å². The Kier molecular flexibility index (Phi) is 4.19.